The summed E-state index contributed by atoms with van der Waals surface area (Å²) in [4.78, 5) is 0.187. The van der Waals surface area contributed by atoms with Crippen molar-refractivity contribution in [3.8, 4) is 0 Å². The van der Waals surface area contributed by atoms with E-state index >= 15 is 0 Å². The molecule has 1 saturated heterocycles. The van der Waals surface area contributed by atoms with Gasteiger partial charge in [-0.05, 0) is 32.6 Å². The summed E-state index contributed by atoms with van der Waals surface area (Å²) in [5.74, 6) is 0.573. The molecule has 0 spiro atoms. The largest absolute Gasteiger partial charge is 0.396 e. The maximum Gasteiger partial charge on any atom is 0.248 e. The Morgan fingerprint density at radius 2 is 2.22 bits per heavy atom. The first-order valence-corrected chi connectivity index (χ1v) is 7.44. The average Bonchev–Trinajstić information content (AvgIpc) is 2.87. The normalized spacial score (nSPS) is 21.6. The molecule has 0 bridgehead atoms. The van der Waals surface area contributed by atoms with E-state index in [4.69, 9.17) is 9.63 Å². The van der Waals surface area contributed by atoms with Gasteiger partial charge in [0.25, 0.3) is 0 Å². The van der Waals surface area contributed by atoms with E-state index in [0.29, 0.717) is 31.0 Å². The highest BCUT2D eigenvalue weighted by molar-refractivity contribution is 7.89. The minimum atomic E-state index is -3.51. The molecular weight excluding hydrogens is 256 g/mol. The third-order valence-corrected chi connectivity index (χ3v) is 5.46. The molecule has 1 atom stereocenters. The summed E-state index contributed by atoms with van der Waals surface area (Å²) in [6.07, 6.45) is 1.44. The highest BCUT2D eigenvalue weighted by Gasteiger charge is 2.35. The summed E-state index contributed by atoms with van der Waals surface area (Å²) in [5, 5.41) is 12.6. The summed E-state index contributed by atoms with van der Waals surface area (Å²) in [6, 6.07) is 0. The fraction of sp³-hybridized carbons (Fsp3) is 0.727. The van der Waals surface area contributed by atoms with Gasteiger partial charge in [0, 0.05) is 19.7 Å². The fourth-order valence-electron chi connectivity index (χ4n) is 2.41. The van der Waals surface area contributed by atoms with Crippen LogP contribution in [-0.2, 0) is 10.0 Å². The molecule has 0 saturated carbocycles. The third-order valence-electron chi connectivity index (χ3n) is 3.35. The third kappa shape index (κ3) is 2.30. The molecule has 0 aromatic carbocycles. The number of rotatable bonds is 4. The average molecular weight is 274 g/mol. The zero-order chi connectivity index (χ0) is 13.3. The van der Waals surface area contributed by atoms with Crippen LogP contribution in [0.15, 0.2) is 9.42 Å². The van der Waals surface area contributed by atoms with Crippen LogP contribution in [0.2, 0.25) is 0 Å². The molecule has 1 aromatic rings. The zero-order valence-electron chi connectivity index (χ0n) is 10.6. The van der Waals surface area contributed by atoms with Crippen LogP contribution in [0.4, 0.5) is 0 Å². The van der Waals surface area contributed by atoms with E-state index in [1.807, 2.05) is 0 Å². The van der Waals surface area contributed by atoms with Crippen molar-refractivity contribution in [1.82, 2.24) is 9.46 Å². The number of sulfonamides is 1. The Labute approximate surface area is 107 Å². The molecule has 18 heavy (non-hydrogen) atoms. The van der Waals surface area contributed by atoms with E-state index < -0.39 is 10.0 Å². The van der Waals surface area contributed by atoms with Crippen LogP contribution in [0.25, 0.3) is 0 Å². The molecule has 2 rings (SSSR count). The topological polar surface area (TPSA) is 83.6 Å². The maximum absolute atomic E-state index is 12.5. The van der Waals surface area contributed by atoms with E-state index in [0.717, 1.165) is 6.42 Å². The molecule has 1 aliphatic rings. The number of aliphatic hydroxyl groups is 1. The van der Waals surface area contributed by atoms with Gasteiger partial charge in [-0.1, -0.05) is 5.16 Å². The molecule has 1 aliphatic heterocycles. The Hall–Kier alpha value is -0.920. The van der Waals surface area contributed by atoms with Crippen molar-refractivity contribution in [2.75, 3.05) is 19.7 Å². The lowest BCUT2D eigenvalue weighted by molar-refractivity contribution is 0.259. The Kier molecular flexibility index (Phi) is 3.74. The van der Waals surface area contributed by atoms with Gasteiger partial charge in [0.1, 0.15) is 10.6 Å². The smallest absolute Gasteiger partial charge is 0.248 e. The van der Waals surface area contributed by atoms with Gasteiger partial charge in [0.2, 0.25) is 10.0 Å². The second kappa shape index (κ2) is 4.99. The summed E-state index contributed by atoms with van der Waals surface area (Å²) in [5.41, 5.74) is 0.401. The predicted molar refractivity (Wildman–Crippen MR) is 64.5 cm³/mol. The Bertz CT molecular complexity index is 504. The van der Waals surface area contributed by atoms with Crippen LogP contribution < -0.4 is 0 Å². The Morgan fingerprint density at radius 1 is 1.50 bits per heavy atom. The van der Waals surface area contributed by atoms with Crippen molar-refractivity contribution < 1.29 is 18.0 Å². The predicted octanol–water partition coefficient (Wildman–Crippen LogP) is 0.684. The molecule has 1 aromatic heterocycles. The lowest BCUT2D eigenvalue weighted by Crippen LogP contribution is -2.29. The molecule has 1 unspecified atom stereocenters. The number of hydrogen-bond acceptors (Lipinski definition) is 5. The maximum atomic E-state index is 12.5. The summed E-state index contributed by atoms with van der Waals surface area (Å²) in [6.45, 7) is 4.30. The first-order chi connectivity index (χ1) is 8.46. The minimum Gasteiger partial charge on any atom is -0.396 e. The monoisotopic (exact) mass is 274 g/mol. The SMILES string of the molecule is Cc1noc(C)c1S(=O)(=O)N1CCC(CCO)C1. The van der Waals surface area contributed by atoms with Crippen LogP contribution >= 0.6 is 0 Å². The molecule has 0 aliphatic carbocycles. The van der Waals surface area contributed by atoms with Gasteiger partial charge < -0.3 is 9.63 Å². The number of hydrogen-bond donors (Lipinski definition) is 1. The fourth-order valence-corrected chi connectivity index (χ4v) is 4.23. The molecule has 1 N–H and O–H groups in total. The van der Waals surface area contributed by atoms with Crippen molar-refractivity contribution in [3.05, 3.63) is 11.5 Å². The van der Waals surface area contributed by atoms with Crippen molar-refractivity contribution in [2.24, 2.45) is 5.92 Å². The van der Waals surface area contributed by atoms with Crippen molar-refractivity contribution in [1.29, 1.82) is 0 Å². The van der Waals surface area contributed by atoms with E-state index in [1.165, 1.54) is 4.31 Å². The molecule has 1 fully saturated rings. The summed E-state index contributed by atoms with van der Waals surface area (Å²) < 4.78 is 31.3. The Morgan fingerprint density at radius 3 is 2.78 bits per heavy atom. The highest BCUT2D eigenvalue weighted by atomic mass is 32.2. The second-order valence-corrected chi connectivity index (χ2v) is 6.56. The van der Waals surface area contributed by atoms with E-state index in [1.54, 1.807) is 13.8 Å². The molecule has 6 nitrogen and oxygen atoms in total. The van der Waals surface area contributed by atoms with Crippen LogP contribution in [0.5, 0.6) is 0 Å². The van der Waals surface area contributed by atoms with E-state index in [9.17, 15) is 8.42 Å². The van der Waals surface area contributed by atoms with Gasteiger partial charge in [-0.15, -0.1) is 0 Å². The van der Waals surface area contributed by atoms with Gasteiger partial charge >= 0.3 is 0 Å². The van der Waals surface area contributed by atoms with Crippen molar-refractivity contribution >= 4 is 10.0 Å². The van der Waals surface area contributed by atoms with E-state index in [-0.39, 0.29) is 17.4 Å². The highest BCUT2D eigenvalue weighted by Crippen LogP contribution is 2.29. The lowest BCUT2D eigenvalue weighted by Gasteiger charge is -2.16. The number of aliphatic hydroxyl groups excluding tert-OH is 1. The van der Waals surface area contributed by atoms with Gasteiger partial charge in [-0.3, -0.25) is 0 Å². The number of aromatic nitrogens is 1. The van der Waals surface area contributed by atoms with Crippen molar-refractivity contribution in [2.45, 2.75) is 31.6 Å². The Balaban J connectivity index is 2.23. The van der Waals surface area contributed by atoms with Gasteiger partial charge in [-0.25, -0.2) is 8.42 Å². The first-order valence-electron chi connectivity index (χ1n) is 6.00. The zero-order valence-corrected chi connectivity index (χ0v) is 11.4. The minimum absolute atomic E-state index is 0.101. The molecule has 0 amide bonds. The van der Waals surface area contributed by atoms with Gasteiger partial charge in [0.05, 0.1) is 0 Å². The van der Waals surface area contributed by atoms with Crippen LogP contribution in [0.1, 0.15) is 24.3 Å². The standard InChI is InChI=1S/C11H18N2O4S/c1-8-11(9(2)17-12-8)18(15,16)13-5-3-10(7-13)4-6-14/h10,14H,3-7H2,1-2H3. The lowest BCUT2D eigenvalue weighted by atomic mass is 10.1. The quantitative estimate of drug-likeness (QED) is 0.873. The summed E-state index contributed by atoms with van der Waals surface area (Å²) in [7, 11) is -3.51. The van der Waals surface area contributed by atoms with Crippen molar-refractivity contribution in [3.63, 3.8) is 0 Å². The second-order valence-electron chi connectivity index (χ2n) is 4.68. The van der Waals surface area contributed by atoms with Gasteiger partial charge in [-0.2, -0.15) is 4.31 Å². The molecule has 102 valence electrons. The van der Waals surface area contributed by atoms with E-state index in [2.05, 4.69) is 5.16 Å². The molecule has 0 radical (unpaired) electrons. The first kappa shape index (κ1) is 13.5. The van der Waals surface area contributed by atoms with Crippen LogP contribution in [-0.4, -0.2) is 42.7 Å². The number of aryl methyl sites for hydroxylation is 2. The molecule has 2 heterocycles. The molecular formula is C11H18N2O4S. The molecule has 7 heteroatoms. The number of nitrogens with zero attached hydrogens (tertiary/aromatic N) is 2. The van der Waals surface area contributed by atoms with Crippen LogP contribution in [0, 0.1) is 19.8 Å². The van der Waals surface area contributed by atoms with Gasteiger partial charge in [0.15, 0.2) is 5.76 Å². The summed E-state index contributed by atoms with van der Waals surface area (Å²) >= 11 is 0. The van der Waals surface area contributed by atoms with Crippen LogP contribution in [0.3, 0.4) is 0 Å².